The predicted molar refractivity (Wildman–Crippen MR) is 207 cm³/mol. The second-order valence-corrected chi connectivity index (χ2v) is 16.5. The topological polar surface area (TPSA) is 97.3 Å². The molecule has 0 aliphatic heterocycles. The number of alkyl halides is 6. The fraction of sp³-hybridized carbons (Fsp3) is 0.455. The van der Waals surface area contributed by atoms with Crippen molar-refractivity contribution >= 4 is 11.3 Å². The lowest BCUT2D eigenvalue weighted by Gasteiger charge is -2.13. The molecule has 10 nitrogen and oxygen atoms in total. The second-order valence-electron chi connectivity index (χ2n) is 16.5. The minimum absolute atomic E-state index is 0.00539. The molecule has 4 heterocycles. The van der Waals surface area contributed by atoms with Gasteiger partial charge in [0.2, 0.25) is 0 Å². The lowest BCUT2D eigenvalue weighted by molar-refractivity contribution is -0.275. The van der Waals surface area contributed by atoms with Crippen molar-refractivity contribution < 1.29 is 45.3 Å². The molecular weight excluding hydrogens is 791 g/mol. The number of aryl methyl sites for hydroxylation is 2. The van der Waals surface area contributed by atoms with Crippen LogP contribution in [-0.2, 0) is 12.8 Å². The maximum atomic E-state index is 12.7. The minimum Gasteiger partial charge on any atom is -0.493 e. The molecule has 4 aliphatic carbocycles. The number of halogens is 6. The fourth-order valence-corrected chi connectivity index (χ4v) is 8.01. The molecule has 4 aromatic heterocycles. The molecule has 0 amide bonds. The number of hydrogen-bond acceptors (Lipinski definition) is 8. The molecule has 10 rings (SSSR count). The van der Waals surface area contributed by atoms with Crippen molar-refractivity contribution in [2.75, 3.05) is 13.2 Å². The van der Waals surface area contributed by atoms with E-state index in [1.54, 1.807) is 36.4 Å². The Hall–Kier alpha value is -5.54. The molecule has 4 aliphatic rings. The lowest BCUT2D eigenvalue weighted by atomic mass is 10.1. The Labute approximate surface area is 341 Å². The molecule has 2 aromatic carbocycles. The Bertz CT molecular complexity index is 2320. The Morgan fingerprint density at radius 3 is 1.33 bits per heavy atom. The summed E-state index contributed by atoms with van der Waals surface area (Å²) in [6.45, 7) is 4.78. The third kappa shape index (κ3) is 9.26. The van der Waals surface area contributed by atoms with Gasteiger partial charge < -0.3 is 18.9 Å². The number of hydrogen-bond donors (Lipinski definition) is 0. The largest absolute Gasteiger partial charge is 0.573 e. The van der Waals surface area contributed by atoms with Crippen molar-refractivity contribution in [2.24, 2.45) is 23.7 Å². The maximum absolute atomic E-state index is 12.7. The first-order valence-corrected chi connectivity index (χ1v) is 20.4. The molecule has 0 bridgehead atoms. The van der Waals surface area contributed by atoms with Crippen molar-refractivity contribution in [2.45, 2.75) is 89.8 Å². The summed E-state index contributed by atoms with van der Waals surface area (Å²) in [4.78, 5) is 0. The summed E-state index contributed by atoms with van der Waals surface area (Å²) < 4.78 is 100. The monoisotopic (exact) mass is 834 g/mol. The normalized spacial score (nSPS) is 21.1. The van der Waals surface area contributed by atoms with Crippen molar-refractivity contribution in [3.8, 4) is 23.0 Å². The molecule has 4 saturated carbocycles. The van der Waals surface area contributed by atoms with E-state index < -0.39 is 12.7 Å². The van der Waals surface area contributed by atoms with Crippen LogP contribution in [0, 0.1) is 37.5 Å². The van der Waals surface area contributed by atoms with Gasteiger partial charge in [-0.15, -0.1) is 46.7 Å². The first-order chi connectivity index (χ1) is 28.8. The quantitative estimate of drug-likeness (QED) is 0.100. The van der Waals surface area contributed by atoms with E-state index in [0.29, 0.717) is 24.3 Å². The van der Waals surface area contributed by atoms with E-state index in [4.69, 9.17) is 9.47 Å². The van der Waals surface area contributed by atoms with E-state index in [-0.39, 0.29) is 35.2 Å². The molecule has 4 fully saturated rings. The molecule has 16 heteroatoms. The Kier molecular flexibility index (Phi) is 10.5. The summed E-state index contributed by atoms with van der Waals surface area (Å²) in [6.07, 6.45) is 2.96. The van der Waals surface area contributed by atoms with Gasteiger partial charge >= 0.3 is 12.7 Å². The van der Waals surface area contributed by atoms with Crippen molar-refractivity contribution in [3.63, 3.8) is 0 Å². The molecule has 60 heavy (non-hydrogen) atoms. The molecular formula is C44H44F6N6O4. The molecule has 6 aromatic rings. The van der Waals surface area contributed by atoms with E-state index in [9.17, 15) is 26.3 Å². The van der Waals surface area contributed by atoms with Gasteiger partial charge in [-0.05, 0) is 111 Å². The lowest BCUT2D eigenvalue weighted by Crippen LogP contribution is -2.18. The van der Waals surface area contributed by atoms with Gasteiger partial charge in [0.1, 0.15) is 34.6 Å². The van der Waals surface area contributed by atoms with Gasteiger partial charge in [-0.25, -0.2) is 0 Å². The number of fused-ring (bicyclic) bond motifs is 2. The van der Waals surface area contributed by atoms with E-state index >= 15 is 0 Å². The third-order valence-electron chi connectivity index (χ3n) is 11.9. The summed E-state index contributed by atoms with van der Waals surface area (Å²) in [5.41, 5.74) is 4.59. The molecule has 4 atom stereocenters. The standard InChI is InChI=1S/2C22H22F3N3O2/c2*1-13-18(8-9-28-20(10-14-6-7-14)26-27-21(13)28)29-12-15-11-17(15)16-4-2-3-5-19(16)30-22(23,24)25/h2*2-5,8-9,14-15,17H,6-7,10-12H2,1H3/t2*15-,17+/m10/s1. The van der Waals surface area contributed by atoms with Crippen LogP contribution < -0.4 is 18.9 Å². The van der Waals surface area contributed by atoms with Gasteiger partial charge in [-0.2, -0.15) is 0 Å². The zero-order chi connectivity index (χ0) is 41.8. The fourth-order valence-electron chi connectivity index (χ4n) is 8.01. The van der Waals surface area contributed by atoms with Crippen LogP contribution in [0.1, 0.15) is 84.3 Å². The average Bonchev–Trinajstić information content (AvgIpc) is 4.01. The van der Waals surface area contributed by atoms with E-state index in [0.717, 1.165) is 83.1 Å². The highest BCUT2D eigenvalue weighted by Crippen LogP contribution is 2.52. The highest BCUT2D eigenvalue weighted by Gasteiger charge is 2.44. The summed E-state index contributed by atoms with van der Waals surface area (Å²) in [7, 11) is 0. The van der Waals surface area contributed by atoms with E-state index in [2.05, 4.69) is 29.9 Å². The average molecular weight is 835 g/mol. The molecule has 0 N–H and O–H groups in total. The van der Waals surface area contributed by atoms with Gasteiger partial charge in [0.05, 0.1) is 13.2 Å². The van der Waals surface area contributed by atoms with Crippen LogP contribution in [0.4, 0.5) is 26.3 Å². The minimum atomic E-state index is -4.69. The van der Waals surface area contributed by atoms with E-state index in [1.165, 1.54) is 37.8 Å². The maximum Gasteiger partial charge on any atom is 0.573 e. The molecule has 316 valence electrons. The van der Waals surface area contributed by atoms with Crippen LogP contribution in [0.25, 0.3) is 11.3 Å². The molecule has 0 spiro atoms. The van der Waals surface area contributed by atoms with Crippen LogP contribution in [0.15, 0.2) is 73.1 Å². The number of pyridine rings is 2. The number of benzene rings is 2. The van der Waals surface area contributed by atoms with Crippen molar-refractivity contribution in [1.82, 2.24) is 29.2 Å². The zero-order valence-corrected chi connectivity index (χ0v) is 33.0. The summed E-state index contributed by atoms with van der Waals surface area (Å²) in [5, 5.41) is 17.3. The number of rotatable bonds is 14. The number of nitrogens with zero attached hydrogens (tertiary/aromatic N) is 6. The highest BCUT2D eigenvalue weighted by molar-refractivity contribution is 5.55. The van der Waals surface area contributed by atoms with Crippen LogP contribution in [0.3, 0.4) is 0 Å². The SMILES string of the molecule is Cc1c(OC[C@@H]2C[C@H]2c2ccccc2OC(F)(F)F)ccn2c(CC3CC3)nnc12.Cc1c(OC[C@H]2C[C@@H]2c2ccccc2OC(F)(F)F)ccn2c(CC3CC3)nnc12. The van der Waals surface area contributed by atoms with Crippen LogP contribution in [0.2, 0.25) is 0 Å². The highest BCUT2D eigenvalue weighted by atomic mass is 19.4. The number of aromatic nitrogens is 6. The smallest absolute Gasteiger partial charge is 0.493 e. The predicted octanol–water partition coefficient (Wildman–Crippen LogP) is 10.1. The van der Waals surface area contributed by atoms with Gasteiger partial charge in [-0.1, -0.05) is 36.4 Å². The van der Waals surface area contributed by atoms with Gasteiger partial charge in [0.25, 0.3) is 0 Å². The summed E-state index contributed by atoms with van der Waals surface area (Å²) >= 11 is 0. The van der Waals surface area contributed by atoms with E-state index in [1.807, 2.05) is 47.2 Å². The summed E-state index contributed by atoms with van der Waals surface area (Å²) in [5.74, 6) is 4.95. The Morgan fingerprint density at radius 1 is 0.550 bits per heavy atom. The molecule has 0 saturated heterocycles. The molecule has 0 unspecified atom stereocenters. The van der Waals surface area contributed by atoms with Gasteiger partial charge in [0, 0.05) is 48.2 Å². The Morgan fingerprint density at radius 2 is 0.950 bits per heavy atom. The molecule has 0 radical (unpaired) electrons. The third-order valence-corrected chi connectivity index (χ3v) is 11.9. The second kappa shape index (κ2) is 15.8. The van der Waals surface area contributed by atoms with Gasteiger partial charge in [-0.3, -0.25) is 8.80 Å². The van der Waals surface area contributed by atoms with Crippen LogP contribution >= 0.6 is 0 Å². The summed E-state index contributed by atoms with van der Waals surface area (Å²) in [6, 6.07) is 16.5. The van der Waals surface area contributed by atoms with Gasteiger partial charge in [0.15, 0.2) is 11.3 Å². The van der Waals surface area contributed by atoms with Crippen LogP contribution in [0.5, 0.6) is 23.0 Å². The zero-order valence-electron chi connectivity index (χ0n) is 33.0. The number of ether oxygens (including phenoxy) is 4. The van der Waals surface area contributed by atoms with Crippen molar-refractivity contribution in [3.05, 3.63) is 107 Å². The van der Waals surface area contributed by atoms with Crippen molar-refractivity contribution in [1.29, 1.82) is 0 Å². The van der Waals surface area contributed by atoms with Crippen LogP contribution in [-0.4, -0.2) is 55.1 Å². The number of para-hydroxylation sites is 2. The Balaban J connectivity index is 0.000000154. The first-order valence-electron chi connectivity index (χ1n) is 20.4. The first kappa shape index (κ1) is 39.9.